The SMILES string of the molecule is CCNC(=NCc1cccc(OCC)c1OC(F)F)NCCc1ccncc1C. The third-order valence-corrected chi connectivity index (χ3v) is 4.14. The van der Waals surface area contributed by atoms with Crippen LogP contribution in [0.2, 0.25) is 0 Å². The Labute approximate surface area is 170 Å². The maximum Gasteiger partial charge on any atom is 0.387 e. The summed E-state index contributed by atoms with van der Waals surface area (Å²) in [6.07, 6.45) is 4.43. The summed E-state index contributed by atoms with van der Waals surface area (Å²) >= 11 is 0. The number of rotatable bonds is 10. The molecule has 0 saturated heterocycles. The quantitative estimate of drug-likeness (QED) is 0.465. The van der Waals surface area contributed by atoms with Gasteiger partial charge in [0.25, 0.3) is 0 Å². The van der Waals surface area contributed by atoms with E-state index in [1.165, 1.54) is 5.56 Å². The molecule has 0 unspecified atom stereocenters. The topological polar surface area (TPSA) is 67.8 Å². The average Bonchev–Trinajstić information content (AvgIpc) is 2.69. The summed E-state index contributed by atoms with van der Waals surface area (Å²) < 4.78 is 35.8. The lowest BCUT2D eigenvalue weighted by Crippen LogP contribution is -2.38. The van der Waals surface area contributed by atoms with Crippen molar-refractivity contribution in [3.8, 4) is 11.5 Å². The van der Waals surface area contributed by atoms with Gasteiger partial charge in [-0.05, 0) is 50.5 Å². The molecule has 8 heteroatoms. The molecule has 2 aromatic rings. The summed E-state index contributed by atoms with van der Waals surface area (Å²) in [7, 11) is 0. The number of hydrogen-bond acceptors (Lipinski definition) is 4. The Balaban J connectivity index is 2.08. The fourth-order valence-corrected chi connectivity index (χ4v) is 2.78. The van der Waals surface area contributed by atoms with Gasteiger partial charge in [-0.15, -0.1) is 0 Å². The van der Waals surface area contributed by atoms with Crippen LogP contribution in [-0.2, 0) is 13.0 Å². The number of alkyl halides is 2. The minimum absolute atomic E-state index is 0.0244. The van der Waals surface area contributed by atoms with Gasteiger partial charge in [0, 0.05) is 31.0 Å². The van der Waals surface area contributed by atoms with Crippen molar-refractivity contribution in [2.45, 2.75) is 40.3 Å². The normalized spacial score (nSPS) is 11.4. The number of nitrogens with one attached hydrogen (secondary N) is 2. The Bertz CT molecular complexity index is 800. The van der Waals surface area contributed by atoms with Crippen LogP contribution in [0.15, 0.2) is 41.7 Å². The van der Waals surface area contributed by atoms with Crippen molar-refractivity contribution in [2.24, 2.45) is 4.99 Å². The highest BCUT2D eigenvalue weighted by atomic mass is 19.3. The van der Waals surface area contributed by atoms with Gasteiger partial charge in [-0.2, -0.15) is 8.78 Å². The van der Waals surface area contributed by atoms with Crippen LogP contribution >= 0.6 is 0 Å². The third-order valence-electron chi connectivity index (χ3n) is 4.14. The van der Waals surface area contributed by atoms with E-state index in [0.717, 1.165) is 12.0 Å². The van der Waals surface area contributed by atoms with Crippen molar-refractivity contribution in [1.82, 2.24) is 15.6 Å². The molecular formula is C21H28F2N4O2. The number of halogens is 2. The number of benzene rings is 1. The van der Waals surface area contributed by atoms with E-state index < -0.39 is 6.61 Å². The molecule has 1 aromatic heterocycles. The average molecular weight is 406 g/mol. The molecule has 0 saturated carbocycles. The van der Waals surface area contributed by atoms with Crippen molar-refractivity contribution in [3.63, 3.8) is 0 Å². The third kappa shape index (κ3) is 7.21. The molecule has 2 rings (SSSR count). The summed E-state index contributed by atoms with van der Waals surface area (Å²) in [5, 5.41) is 6.42. The van der Waals surface area contributed by atoms with E-state index in [1.807, 2.05) is 26.1 Å². The van der Waals surface area contributed by atoms with Crippen molar-refractivity contribution in [3.05, 3.63) is 53.3 Å². The molecule has 6 nitrogen and oxygen atoms in total. The first-order chi connectivity index (χ1) is 14.0. The molecular weight excluding hydrogens is 378 g/mol. The van der Waals surface area contributed by atoms with Crippen LogP contribution < -0.4 is 20.1 Å². The maximum atomic E-state index is 12.9. The number of aromatic nitrogens is 1. The van der Waals surface area contributed by atoms with Gasteiger partial charge in [-0.25, -0.2) is 4.99 Å². The highest BCUT2D eigenvalue weighted by Crippen LogP contribution is 2.33. The summed E-state index contributed by atoms with van der Waals surface area (Å²) in [6, 6.07) is 7.04. The van der Waals surface area contributed by atoms with Gasteiger partial charge in [0.05, 0.1) is 13.2 Å². The monoisotopic (exact) mass is 406 g/mol. The van der Waals surface area contributed by atoms with Crippen LogP contribution in [0.5, 0.6) is 11.5 Å². The molecule has 2 N–H and O–H groups in total. The zero-order valence-corrected chi connectivity index (χ0v) is 17.0. The Kier molecular flexibility index (Phi) is 9.14. The Hall–Kier alpha value is -2.90. The van der Waals surface area contributed by atoms with Crippen LogP contribution in [0.1, 0.15) is 30.5 Å². The molecule has 1 aromatic carbocycles. The number of nitrogens with zero attached hydrogens (tertiary/aromatic N) is 2. The first-order valence-corrected chi connectivity index (χ1v) is 9.66. The van der Waals surface area contributed by atoms with Gasteiger partial charge in [-0.3, -0.25) is 4.98 Å². The lowest BCUT2D eigenvalue weighted by molar-refractivity contribution is -0.0520. The van der Waals surface area contributed by atoms with Crippen LogP contribution in [0.25, 0.3) is 0 Å². The number of pyridine rings is 1. The van der Waals surface area contributed by atoms with Gasteiger partial charge < -0.3 is 20.1 Å². The van der Waals surface area contributed by atoms with Gasteiger partial charge in [0.15, 0.2) is 17.5 Å². The van der Waals surface area contributed by atoms with E-state index in [4.69, 9.17) is 9.47 Å². The summed E-state index contributed by atoms with van der Waals surface area (Å²) in [5.41, 5.74) is 2.87. The number of para-hydroxylation sites is 1. The number of aliphatic imine (C=N–C) groups is 1. The highest BCUT2D eigenvalue weighted by molar-refractivity contribution is 5.79. The molecule has 0 radical (unpaired) electrons. The van der Waals surface area contributed by atoms with Crippen molar-refractivity contribution in [1.29, 1.82) is 0 Å². The Morgan fingerprint density at radius 3 is 2.69 bits per heavy atom. The van der Waals surface area contributed by atoms with E-state index in [1.54, 1.807) is 31.3 Å². The smallest absolute Gasteiger partial charge is 0.387 e. The molecule has 0 aliphatic carbocycles. The van der Waals surface area contributed by atoms with Crippen LogP contribution in [0, 0.1) is 6.92 Å². The fraction of sp³-hybridized carbons (Fsp3) is 0.429. The molecule has 1 heterocycles. The lowest BCUT2D eigenvalue weighted by Gasteiger charge is -2.15. The molecule has 0 aliphatic rings. The second kappa shape index (κ2) is 11.8. The minimum Gasteiger partial charge on any atom is -0.490 e. The second-order valence-electron chi connectivity index (χ2n) is 6.23. The summed E-state index contributed by atoms with van der Waals surface area (Å²) in [4.78, 5) is 8.61. The first kappa shape index (κ1) is 22.4. The molecule has 0 fully saturated rings. The van der Waals surface area contributed by atoms with Crippen LogP contribution in [0.3, 0.4) is 0 Å². The molecule has 0 atom stereocenters. The number of hydrogen-bond donors (Lipinski definition) is 2. The first-order valence-electron chi connectivity index (χ1n) is 9.66. The maximum absolute atomic E-state index is 12.9. The van der Waals surface area contributed by atoms with E-state index >= 15 is 0 Å². The van der Waals surface area contributed by atoms with E-state index in [0.29, 0.717) is 31.2 Å². The van der Waals surface area contributed by atoms with Gasteiger partial charge >= 0.3 is 6.61 Å². The summed E-state index contributed by atoms with van der Waals surface area (Å²) in [6.45, 7) is 4.72. The van der Waals surface area contributed by atoms with Crippen LogP contribution in [-0.4, -0.2) is 37.3 Å². The lowest BCUT2D eigenvalue weighted by atomic mass is 10.1. The highest BCUT2D eigenvalue weighted by Gasteiger charge is 2.15. The molecule has 0 bridgehead atoms. The summed E-state index contributed by atoms with van der Waals surface area (Å²) in [5.74, 6) is 0.909. The Morgan fingerprint density at radius 2 is 2.00 bits per heavy atom. The van der Waals surface area contributed by atoms with Crippen molar-refractivity contribution >= 4 is 5.96 Å². The van der Waals surface area contributed by atoms with Crippen molar-refractivity contribution < 1.29 is 18.3 Å². The van der Waals surface area contributed by atoms with E-state index in [2.05, 4.69) is 20.6 Å². The fourth-order valence-electron chi connectivity index (χ4n) is 2.78. The standard InChI is InChI=1S/C21H28F2N4O2/c1-4-25-21(26-12-10-16-9-11-24-13-15(16)3)27-14-17-7-6-8-18(28-5-2)19(17)29-20(22)23/h6-9,11,13,20H,4-5,10,12,14H2,1-3H3,(H2,25,26,27). The molecule has 158 valence electrons. The number of guanidine groups is 1. The van der Waals surface area contributed by atoms with Gasteiger partial charge in [0.1, 0.15) is 0 Å². The minimum atomic E-state index is -2.94. The van der Waals surface area contributed by atoms with E-state index in [-0.39, 0.29) is 18.0 Å². The number of aryl methyl sites for hydroxylation is 1. The molecule has 0 aliphatic heterocycles. The molecule has 0 spiro atoms. The molecule has 29 heavy (non-hydrogen) atoms. The van der Waals surface area contributed by atoms with Gasteiger partial charge in [0.2, 0.25) is 0 Å². The zero-order valence-electron chi connectivity index (χ0n) is 17.0. The molecule has 0 amide bonds. The predicted molar refractivity (Wildman–Crippen MR) is 110 cm³/mol. The van der Waals surface area contributed by atoms with Crippen LogP contribution in [0.4, 0.5) is 8.78 Å². The zero-order chi connectivity index (χ0) is 21.1. The van der Waals surface area contributed by atoms with E-state index in [9.17, 15) is 8.78 Å². The predicted octanol–water partition coefficient (Wildman–Crippen LogP) is 3.69. The largest absolute Gasteiger partial charge is 0.490 e. The van der Waals surface area contributed by atoms with Gasteiger partial charge in [-0.1, -0.05) is 12.1 Å². The van der Waals surface area contributed by atoms with Crippen molar-refractivity contribution in [2.75, 3.05) is 19.7 Å². The second-order valence-corrected chi connectivity index (χ2v) is 6.23. The Morgan fingerprint density at radius 1 is 1.17 bits per heavy atom. The number of ether oxygens (including phenoxy) is 2.